The van der Waals surface area contributed by atoms with Gasteiger partial charge in [-0.25, -0.2) is 13.2 Å². The molecule has 1 aromatic heterocycles. The fourth-order valence-corrected chi connectivity index (χ4v) is 3.24. The Bertz CT molecular complexity index is 1050. The van der Waals surface area contributed by atoms with E-state index in [4.69, 9.17) is 5.73 Å². The number of carbonyl (C=O) groups excluding carboxylic acids is 1. The van der Waals surface area contributed by atoms with Crippen molar-refractivity contribution in [3.8, 4) is 11.1 Å². The van der Waals surface area contributed by atoms with Gasteiger partial charge in [0.15, 0.2) is 11.6 Å². The molecule has 0 radical (unpaired) electrons. The molecule has 7 heteroatoms. The molecule has 0 atom stereocenters. The van der Waals surface area contributed by atoms with Gasteiger partial charge < -0.3 is 10.6 Å². The van der Waals surface area contributed by atoms with Crippen molar-refractivity contribution in [2.24, 2.45) is 5.73 Å². The van der Waals surface area contributed by atoms with E-state index in [-0.39, 0.29) is 18.1 Å². The number of amides is 1. The Morgan fingerprint density at radius 2 is 1.92 bits per heavy atom. The molecule has 1 aliphatic heterocycles. The molecular weight excluding hydrogens is 343 g/mol. The first kappa shape index (κ1) is 16.4. The smallest absolute Gasteiger partial charge is 0.252 e. The van der Waals surface area contributed by atoms with Gasteiger partial charge in [-0.05, 0) is 12.5 Å². The highest BCUT2D eigenvalue weighted by atomic mass is 19.2. The fraction of sp³-hybridized carbons (Fsp3) is 0.158. The molecule has 2 N–H and O–H groups in total. The number of aromatic nitrogens is 1. The molecule has 1 aliphatic rings. The molecule has 0 unspecified atom stereocenters. The molecule has 2 aromatic carbocycles. The van der Waals surface area contributed by atoms with E-state index in [0.717, 1.165) is 25.6 Å². The Morgan fingerprint density at radius 3 is 2.58 bits per heavy atom. The van der Waals surface area contributed by atoms with Gasteiger partial charge in [0, 0.05) is 43.3 Å². The van der Waals surface area contributed by atoms with Gasteiger partial charge in [0.25, 0.3) is 5.91 Å². The van der Waals surface area contributed by atoms with Crippen molar-refractivity contribution in [3.63, 3.8) is 0 Å². The van der Waals surface area contributed by atoms with E-state index in [1.165, 1.54) is 12.3 Å². The van der Waals surface area contributed by atoms with Crippen molar-refractivity contribution >= 4 is 22.5 Å². The number of halogens is 3. The topological polar surface area (TPSA) is 59.2 Å². The fourth-order valence-electron chi connectivity index (χ4n) is 3.24. The summed E-state index contributed by atoms with van der Waals surface area (Å²) < 4.78 is 41.6. The van der Waals surface area contributed by atoms with E-state index in [0.29, 0.717) is 22.7 Å². The van der Waals surface area contributed by atoms with Crippen LogP contribution in [0.25, 0.3) is 22.0 Å². The van der Waals surface area contributed by atoms with Crippen LogP contribution in [-0.4, -0.2) is 24.0 Å². The molecule has 1 amide bonds. The quantitative estimate of drug-likeness (QED) is 0.722. The van der Waals surface area contributed by atoms with Gasteiger partial charge in [0.05, 0.1) is 16.8 Å². The number of nitrogens with zero attached hydrogens (tertiary/aromatic N) is 2. The number of rotatable bonds is 3. The number of hydrogen-bond donors (Lipinski definition) is 1. The lowest BCUT2D eigenvalue weighted by atomic mass is 9.97. The van der Waals surface area contributed by atoms with Crippen LogP contribution < -0.4 is 10.6 Å². The van der Waals surface area contributed by atoms with E-state index in [1.54, 1.807) is 12.1 Å². The van der Waals surface area contributed by atoms with E-state index < -0.39 is 23.4 Å². The Kier molecular flexibility index (Phi) is 3.79. The highest BCUT2D eigenvalue weighted by Gasteiger charge is 2.25. The van der Waals surface area contributed by atoms with Crippen molar-refractivity contribution in [1.82, 2.24) is 4.98 Å². The lowest BCUT2D eigenvalue weighted by molar-refractivity contribution is 0.100. The summed E-state index contributed by atoms with van der Waals surface area (Å²) in [5.41, 5.74) is 6.73. The lowest BCUT2D eigenvalue weighted by Gasteiger charge is -2.35. The second-order valence-electron chi connectivity index (χ2n) is 6.18. The van der Waals surface area contributed by atoms with E-state index in [9.17, 15) is 18.0 Å². The predicted molar refractivity (Wildman–Crippen MR) is 94.5 cm³/mol. The Labute approximate surface area is 148 Å². The molecule has 2 heterocycles. The van der Waals surface area contributed by atoms with Crippen molar-refractivity contribution in [2.45, 2.75) is 6.42 Å². The summed E-state index contributed by atoms with van der Waals surface area (Å²) in [4.78, 5) is 18.0. The average molecular weight is 359 g/mol. The highest BCUT2D eigenvalue weighted by molar-refractivity contribution is 6.09. The molecule has 0 bridgehead atoms. The van der Waals surface area contributed by atoms with Crippen molar-refractivity contribution in [3.05, 3.63) is 59.5 Å². The van der Waals surface area contributed by atoms with Crippen LogP contribution in [0.4, 0.5) is 18.9 Å². The predicted octanol–water partition coefficient (Wildman–Crippen LogP) is 3.87. The molecule has 1 fully saturated rings. The number of carbonyl (C=O) groups is 1. The number of fused-ring (bicyclic) bond motifs is 1. The van der Waals surface area contributed by atoms with E-state index >= 15 is 0 Å². The Morgan fingerprint density at radius 1 is 1.15 bits per heavy atom. The van der Waals surface area contributed by atoms with Gasteiger partial charge in [-0.1, -0.05) is 18.2 Å². The number of anilines is 1. The third kappa shape index (κ3) is 2.47. The van der Waals surface area contributed by atoms with Crippen LogP contribution in [-0.2, 0) is 0 Å². The van der Waals surface area contributed by atoms with Gasteiger partial charge in [0.1, 0.15) is 5.82 Å². The molecule has 0 aliphatic carbocycles. The first-order valence-corrected chi connectivity index (χ1v) is 8.09. The molecule has 4 nitrogen and oxygen atoms in total. The monoisotopic (exact) mass is 359 g/mol. The number of benzene rings is 2. The first-order chi connectivity index (χ1) is 12.5. The van der Waals surface area contributed by atoms with Crippen LogP contribution in [0.15, 0.2) is 36.5 Å². The maximum atomic E-state index is 14.3. The normalized spacial score (nSPS) is 13.7. The third-order valence-electron chi connectivity index (χ3n) is 4.59. The van der Waals surface area contributed by atoms with Crippen molar-refractivity contribution in [2.75, 3.05) is 18.0 Å². The standard InChI is InChI=1S/C19H14F3N3O.H2/c20-10-7-13(16(22)15(21)8-10)11-3-1-4-12-17(11)24-9-14(19(23)26)18(12)25-5-2-6-25;/h1,3-4,7-9H,2,5-6H2,(H2,23,26);1H. The minimum Gasteiger partial charge on any atom is -0.370 e. The SMILES string of the molecule is NC(=O)c1cnc2c(-c3cc(F)cc(F)c3F)cccc2c1N1CCC1.[HH]. The van der Waals surface area contributed by atoms with Crippen LogP contribution in [0, 0.1) is 17.5 Å². The Hall–Kier alpha value is -3.09. The minimum absolute atomic E-state index is 0. The summed E-state index contributed by atoms with van der Waals surface area (Å²) in [6, 6.07) is 6.33. The average Bonchev–Trinajstić information content (AvgIpc) is 2.56. The van der Waals surface area contributed by atoms with Crippen molar-refractivity contribution < 1.29 is 19.4 Å². The van der Waals surface area contributed by atoms with Crippen LogP contribution in [0.2, 0.25) is 0 Å². The number of primary amides is 1. The minimum atomic E-state index is -1.27. The highest BCUT2D eigenvalue weighted by Crippen LogP contribution is 2.37. The summed E-state index contributed by atoms with van der Waals surface area (Å²) in [6.45, 7) is 1.51. The maximum Gasteiger partial charge on any atom is 0.252 e. The van der Waals surface area contributed by atoms with Crippen molar-refractivity contribution in [1.29, 1.82) is 0 Å². The summed E-state index contributed by atoms with van der Waals surface area (Å²) in [6.07, 6.45) is 2.31. The Balaban J connectivity index is 0.00000210. The zero-order valence-corrected chi connectivity index (χ0v) is 13.6. The van der Waals surface area contributed by atoms with Gasteiger partial charge >= 0.3 is 0 Å². The van der Waals surface area contributed by atoms with Crippen LogP contribution in [0.3, 0.4) is 0 Å². The number of nitrogens with two attached hydrogens (primary N) is 1. The first-order valence-electron chi connectivity index (χ1n) is 8.09. The molecular formula is C19H16F3N3O. The number of pyridine rings is 1. The molecule has 1 saturated heterocycles. The van der Waals surface area contributed by atoms with Crippen LogP contribution >= 0.6 is 0 Å². The molecule has 0 spiro atoms. The summed E-state index contributed by atoms with van der Waals surface area (Å²) in [5, 5.41) is 0.586. The number of hydrogen-bond acceptors (Lipinski definition) is 3. The summed E-state index contributed by atoms with van der Waals surface area (Å²) in [7, 11) is 0. The second kappa shape index (κ2) is 6.01. The third-order valence-corrected chi connectivity index (χ3v) is 4.59. The van der Waals surface area contributed by atoms with E-state index in [2.05, 4.69) is 4.98 Å². The van der Waals surface area contributed by atoms with Crippen LogP contribution in [0.5, 0.6) is 0 Å². The van der Waals surface area contributed by atoms with Gasteiger partial charge in [-0.2, -0.15) is 0 Å². The zero-order valence-electron chi connectivity index (χ0n) is 13.6. The van der Waals surface area contributed by atoms with Gasteiger partial charge in [0.2, 0.25) is 0 Å². The molecule has 134 valence electrons. The molecule has 4 rings (SSSR count). The maximum absolute atomic E-state index is 14.3. The van der Waals surface area contributed by atoms with Gasteiger partial charge in [-0.3, -0.25) is 9.78 Å². The molecule has 26 heavy (non-hydrogen) atoms. The lowest BCUT2D eigenvalue weighted by Crippen LogP contribution is -2.38. The summed E-state index contributed by atoms with van der Waals surface area (Å²) in [5.74, 6) is -3.92. The molecule has 0 saturated carbocycles. The number of para-hydroxylation sites is 1. The summed E-state index contributed by atoms with van der Waals surface area (Å²) >= 11 is 0. The zero-order chi connectivity index (χ0) is 18.4. The molecule has 3 aromatic rings. The van der Waals surface area contributed by atoms with E-state index in [1.807, 2.05) is 4.90 Å². The van der Waals surface area contributed by atoms with Crippen LogP contribution in [0.1, 0.15) is 18.2 Å². The second-order valence-corrected chi connectivity index (χ2v) is 6.18. The largest absolute Gasteiger partial charge is 0.370 e. The van der Waals surface area contributed by atoms with Gasteiger partial charge in [-0.15, -0.1) is 0 Å².